The monoisotopic (exact) mass is 257 g/mol. The molecule has 0 aromatic heterocycles. The molecule has 0 unspecified atom stereocenters. The highest BCUT2D eigenvalue weighted by molar-refractivity contribution is 5.40. The van der Waals surface area contributed by atoms with Crippen molar-refractivity contribution in [3.05, 3.63) is 59.2 Å². The summed E-state index contributed by atoms with van der Waals surface area (Å²) in [5, 5.41) is 22.1. The van der Waals surface area contributed by atoms with E-state index >= 15 is 0 Å². The average molecular weight is 257 g/mol. The number of benzene rings is 2. The first-order valence-electron chi connectivity index (χ1n) is 6.37. The topological polar surface area (TPSA) is 52.5 Å². The third-order valence-corrected chi connectivity index (χ3v) is 3.19. The Morgan fingerprint density at radius 1 is 1.05 bits per heavy atom. The third-order valence-electron chi connectivity index (χ3n) is 3.19. The second-order valence-electron chi connectivity index (χ2n) is 4.84. The molecule has 0 saturated heterocycles. The molecule has 0 heterocycles. The zero-order valence-electron chi connectivity index (χ0n) is 11.2. The molecule has 2 aromatic carbocycles. The van der Waals surface area contributed by atoms with Gasteiger partial charge in [0, 0.05) is 12.6 Å². The van der Waals surface area contributed by atoms with E-state index < -0.39 is 0 Å². The predicted molar refractivity (Wildman–Crippen MR) is 76.2 cm³/mol. The van der Waals surface area contributed by atoms with Gasteiger partial charge in [0.15, 0.2) is 11.5 Å². The molecule has 0 aliphatic carbocycles. The lowest BCUT2D eigenvalue weighted by atomic mass is 10.1. The van der Waals surface area contributed by atoms with Crippen LogP contribution in [0.5, 0.6) is 11.5 Å². The summed E-state index contributed by atoms with van der Waals surface area (Å²) in [7, 11) is 0. The molecule has 0 bridgehead atoms. The van der Waals surface area contributed by atoms with Gasteiger partial charge in [-0.25, -0.2) is 0 Å². The highest BCUT2D eigenvalue weighted by Gasteiger charge is 2.06. The standard InChI is InChI=1S/C16H19NO2/c1-11-4-3-5-14(8-11)12(2)17-10-13-6-7-15(18)16(19)9-13/h3-9,12,17-19H,10H2,1-2H3/t12-/m1/s1. The first-order valence-corrected chi connectivity index (χ1v) is 6.37. The summed E-state index contributed by atoms with van der Waals surface area (Å²) in [6, 6.07) is 13.5. The van der Waals surface area contributed by atoms with E-state index in [1.807, 2.05) is 0 Å². The van der Waals surface area contributed by atoms with Gasteiger partial charge in [0.1, 0.15) is 0 Å². The molecule has 0 amide bonds. The number of nitrogens with one attached hydrogen (secondary N) is 1. The van der Waals surface area contributed by atoms with E-state index in [0.717, 1.165) is 5.56 Å². The van der Waals surface area contributed by atoms with Crippen LogP contribution in [0.1, 0.15) is 29.7 Å². The van der Waals surface area contributed by atoms with Gasteiger partial charge in [0.2, 0.25) is 0 Å². The Hall–Kier alpha value is -2.00. The molecule has 1 atom stereocenters. The molecule has 0 aliphatic heterocycles. The van der Waals surface area contributed by atoms with E-state index in [1.165, 1.54) is 17.2 Å². The van der Waals surface area contributed by atoms with Crippen molar-refractivity contribution in [2.24, 2.45) is 0 Å². The normalized spacial score (nSPS) is 12.3. The van der Waals surface area contributed by atoms with E-state index in [4.69, 9.17) is 0 Å². The van der Waals surface area contributed by atoms with Gasteiger partial charge in [-0.2, -0.15) is 0 Å². The molecule has 0 spiro atoms. The van der Waals surface area contributed by atoms with Crippen LogP contribution >= 0.6 is 0 Å². The molecule has 0 saturated carbocycles. The first-order chi connectivity index (χ1) is 9.06. The fourth-order valence-corrected chi connectivity index (χ4v) is 2.01. The van der Waals surface area contributed by atoms with Crippen molar-refractivity contribution in [1.82, 2.24) is 5.32 Å². The lowest BCUT2D eigenvalue weighted by Gasteiger charge is -2.15. The summed E-state index contributed by atoms with van der Waals surface area (Å²) in [5.41, 5.74) is 3.42. The van der Waals surface area contributed by atoms with Crippen LogP contribution in [0.2, 0.25) is 0 Å². The van der Waals surface area contributed by atoms with E-state index in [-0.39, 0.29) is 17.5 Å². The quantitative estimate of drug-likeness (QED) is 0.737. The molecule has 3 heteroatoms. The maximum atomic E-state index is 9.44. The van der Waals surface area contributed by atoms with Gasteiger partial charge in [-0.1, -0.05) is 35.9 Å². The first kappa shape index (κ1) is 13.4. The molecule has 2 rings (SSSR count). The summed E-state index contributed by atoms with van der Waals surface area (Å²) in [6.45, 7) is 4.83. The van der Waals surface area contributed by atoms with Crippen molar-refractivity contribution in [2.45, 2.75) is 26.4 Å². The maximum Gasteiger partial charge on any atom is 0.157 e. The van der Waals surface area contributed by atoms with Crippen LogP contribution in [0.4, 0.5) is 0 Å². The molecule has 0 aliphatic rings. The van der Waals surface area contributed by atoms with Gasteiger partial charge in [-0.05, 0) is 37.1 Å². The summed E-state index contributed by atoms with van der Waals surface area (Å²) >= 11 is 0. The Balaban J connectivity index is 2.00. The van der Waals surface area contributed by atoms with E-state index in [1.54, 1.807) is 12.1 Å². The van der Waals surface area contributed by atoms with Gasteiger partial charge in [0.05, 0.1) is 0 Å². The van der Waals surface area contributed by atoms with Crippen LogP contribution in [0, 0.1) is 6.92 Å². The SMILES string of the molecule is Cc1cccc([C@@H](C)NCc2ccc(O)c(O)c2)c1. The minimum absolute atomic E-state index is 0.0810. The smallest absolute Gasteiger partial charge is 0.157 e. The van der Waals surface area contributed by atoms with Gasteiger partial charge >= 0.3 is 0 Å². The van der Waals surface area contributed by atoms with E-state index in [2.05, 4.69) is 43.4 Å². The Kier molecular flexibility index (Phi) is 4.07. The molecule has 0 fully saturated rings. The maximum absolute atomic E-state index is 9.44. The highest BCUT2D eigenvalue weighted by atomic mass is 16.3. The molecule has 19 heavy (non-hydrogen) atoms. The van der Waals surface area contributed by atoms with Crippen molar-refractivity contribution in [1.29, 1.82) is 0 Å². The van der Waals surface area contributed by atoms with Gasteiger partial charge in [-0.15, -0.1) is 0 Å². The number of phenolic OH excluding ortho intramolecular Hbond substituents is 2. The predicted octanol–water partition coefficient (Wildman–Crippen LogP) is 3.26. The van der Waals surface area contributed by atoms with Crippen LogP contribution in [-0.4, -0.2) is 10.2 Å². The number of phenols is 2. The largest absolute Gasteiger partial charge is 0.504 e. The minimum atomic E-state index is -0.0875. The number of rotatable bonds is 4. The van der Waals surface area contributed by atoms with Gasteiger partial charge in [-0.3, -0.25) is 0 Å². The van der Waals surface area contributed by atoms with E-state index in [9.17, 15) is 10.2 Å². The van der Waals surface area contributed by atoms with Crippen molar-refractivity contribution in [3.63, 3.8) is 0 Å². The second kappa shape index (κ2) is 5.76. The number of aryl methyl sites for hydroxylation is 1. The van der Waals surface area contributed by atoms with Gasteiger partial charge < -0.3 is 15.5 Å². The fourth-order valence-electron chi connectivity index (χ4n) is 2.01. The van der Waals surface area contributed by atoms with Crippen molar-refractivity contribution in [3.8, 4) is 11.5 Å². The Labute approximate surface area is 113 Å². The van der Waals surface area contributed by atoms with Crippen LogP contribution < -0.4 is 5.32 Å². The van der Waals surface area contributed by atoms with Crippen molar-refractivity contribution >= 4 is 0 Å². The minimum Gasteiger partial charge on any atom is -0.504 e. The van der Waals surface area contributed by atoms with Crippen LogP contribution in [0.25, 0.3) is 0 Å². The molecule has 3 nitrogen and oxygen atoms in total. The zero-order valence-corrected chi connectivity index (χ0v) is 11.2. The summed E-state index contributed by atoms with van der Waals surface area (Å²) in [6.07, 6.45) is 0. The highest BCUT2D eigenvalue weighted by Crippen LogP contribution is 2.25. The second-order valence-corrected chi connectivity index (χ2v) is 4.84. The van der Waals surface area contributed by atoms with Crippen LogP contribution in [-0.2, 0) is 6.54 Å². The summed E-state index contributed by atoms with van der Waals surface area (Å²) < 4.78 is 0. The Bertz CT molecular complexity index is 566. The molecular weight excluding hydrogens is 238 g/mol. The summed E-state index contributed by atoms with van der Waals surface area (Å²) in [4.78, 5) is 0. The lowest BCUT2D eigenvalue weighted by molar-refractivity contribution is 0.402. The number of hydrogen-bond acceptors (Lipinski definition) is 3. The summed E-state index contributed by atoms with van der Waals surface area (Å²) in [5.74, 6) is -0.169. The molecule has 100 valence electrons. The molecule has 2 aromatic rings. The number of hydrogen-bond donors (Lipinski definition) is 3. The van der Waals surface area contributed by atoms with Gasteiger partial charge in [0.25, 0.3) is 0 Å². The lowest BCUT2D eigenvalue weighted by Crippen LogP contribution is -2.18. The number of aromatic hydroxyl groups is 2. The van der Waals surface area contributed by atoms with E-state index in [0.29, 0.717) is 6.54 Å². The van der Waals surface area contributed by atoms with Crippen molar-refractivity contribution < 1.29 is 10.2 Å². The Morgan fingerprint density at radius 3 is 2.53 bits per heavy atom. The Morgan fingerprint density at radius 2 is 1.84 bits per heavy atom. The van der Waals surface area contributed by atoms with Crippen LogP contribution in [0.3, 0.4) is 0 Å². The van der Waals surface area contributed by atoms with Crippen LogP contribution in [0.15, 0.2) is 42.5 Å². The average Bonchev–Trinajstić information content (AvgIpc) is 2.40. The zero-order chi connectivity index (χ0) is 13.8. The third kappa shape index (κ3) is 3.48. The molecule has 0 radical (unpaired) electrons. The molecule has 3 N–H and O–H groups in total. The fraction of sp³-hybridized carbons (Fsp3) is 0.250. The molecular formula is C16H19NO2. The van der Waals surface area contributed by atoms with Crippen molar-refractivity contribution in [2.75, 3.05) is 0 Å².